The van der Waals surface area contributed by atoms with Crippen LogP contribution in [-0.2, 0) is 27.4 Å². The van der Waals surface area contributed by atoms with Gasteiger partial charge in [0.05, 0.1) is 44.1 Å². The minimum absolute atomic E-state index is 0.0280. The lowest BCUT2D eigenvalue weighted by Gasteiger charge is -2.27. The van der Waals surface area contributed by atoms with Gasteiger partial charge in [0.2, 0.25) is 11.8 Å². The van der Waals surface area contributed by atoms with Crippen LogP contribution < -0.4 is 4.74 Å². The Morgan fingerprint density at radius 1 is 1.33 bits per heavy atom. The second-order valence-electron chi connectivity index (χ2n) is 8.27. The second kappa shape index (κ2) is 7.02. The molecule has 5 rings (SSSR count). The number of benzene rings is 1. The van der Waals surface area contributed by atoms with Crippen LogP contribution in [0.15, 0.2) is 59.4 Å². The summed E-state index contributed by atoms with van der Waals surface area (Å²) in [6, 6.07) is 9.51. The molecule has 4 heterocycles. The van der Waals surface area contributed by atoms with Crippen molar-refractivity contribution in [1.82, 2.24) is 9.80 Å². The Morgan fingerprint density at radius 3 is 2.97 bits per heavy atom. The molecule has 2 amide bonds. The van der Waals surface area contributed by atoms with Crippen molar-refractivity contribution in [1.29, 1.82) is 0 Å². The number of rotatable bonds is 6. The highest BCUT2D eigenvalue weighted by Crippen LogP contribution is 2.52. The lowest BCUT2D eigenvalue weighted by molar-refractivity contribution is -0.142. The first-order chi connectivity index (χ1) is 14.5. The van der Waals surface area contributed by atoms with Gasteiger partial charge in [0.1, 0.15) is 11.4 Å². The molecule has 30 heavy (non-hydrogen) atoms. The number of methoxy groups -OCH3 is 1. The Kier molecular flexibility index (Phi) is 4.43. The van der Waals surface area contributed by atoms with Gasteiger partial charge in [-0.2, -0.15) is 0 Å². The Hall–Kier alpha value is -3.06. The quantitative estimate of drug-likeness (QED) is 0.686. The third-order valence-electron chi connectivity index (χ3n) is 6.35. The fraction of sp³-hybridized carbons (Fsp3) is 0.391. The van der Waals surface area contributed by atoms with E-state index in [9.17, 15) is 9.59 Å². The second-order valence-corrected chi connectivity index (χ2v) is 8.27. The van der Waals surface area contributed by atoms with Crippen molar-refractivity contribution in [3.05, 3.63) is 66.1 Å². The molecule has 0 saturated carbocycles. The molecule has 156 valence electrons. The van der Waals surface area contributed by atoms with E-state index in [4.69, 9.17) is 13.9 Å². The van der Waals surface area contributed by atoms with Gasteiger partial charge in [0, 0.05) is 25.7 Å². The van der Waals surface area contributed by atoms with Crippen LogP contribution in [0.4, 0.5) is 0 Å². The predicted molar refractivity (Wildman–Crippen MR) is 107 cm³/mol. The first kappa shape index (κ1) is 18.9. The van der Waals surface area contributed by atoms with Crippen LogP contribution >= 0.6 is 0 Å². The molecule has 0 aliphatic carbocycles. The molecule has 0 radical (unpaired) electrons. The van der Waals surface area contributed by atoms with Crippen LogP contribution in [0.5, 0.6) is 5.75 Å². The number of carbonyl (C=O) groups is 2. The molecule has 2 saturated heterocycles. The number of nitrogens with zero attached hydrogens (tertiary/aromatic N) is 2. The molecular weight excluding hydrogens is 384 g/mol. The summed E-state index contributed by atoms with van der Waals surface area (Å²) in [5.74, 6) is -0.343. The van der Waals surface area contributed by atoms with E-state index in [0.717, 1.165) is 16.9 Å². The number of hydrogen-bond donors (Lipinski definition) is 0. The van der Waals surface area contributed by atoms with E-state index in [1.165, 1.54) is 0 Å². The van der Waals surface area contributed by atoms with Gasteiger partial charge in [-0.15, -0.1) is 0 Å². The monoisotopic (exact) mass is 408 g/mol. The molecule has 7 nitrogen and oxygen atoms in total. The highest BCUT2D eigenvalue weighted by Gasteiger charge is 2.67. The van der Waals surface area contributed by atoms with E-state index in [1.54, 1.807) is 36.5 Å². The van der Waals surface area contributed by atoms with E-state index in [-0.39, 0.29) is 17.9 Å². The van der Waals surface area contributed by atoms with E-state index in [1.807, 2.05) is 42.5 Å². The van der Waals surface area contributed by atoms with Gasteiger partial charge in [0.15, 0.2) is 0 Å². The van der Waals surface area contributed by atoms with Crippen LogP contribution in [0.1, 0.15) is 11.1 Å². The summed E-state index contributed by atoms with van der Waals surface area (Å²) in [6.07, 6.45) is 6.78. The molecule has 1 spiro atoms. The summed E-state index contributed by atoms with van der Waals surface area (Å²) in [6.45, 7) is 1.35. The molecule has 2 bridgehead atoms. The van der Waals surface area contributed by atoms with Gasteiger partial charge in [-0.05, 0) is 23.8 Å². The van der Waals surface area contributed by atoms with Crippen molar-refractivity contribution in [3.63, 3.8) is 0 Å². The Balaban J connectivity index is 1.36. The number of likely N-dealkylation sites (tertiary alicyclic amines) is 1. The topological polar surface area (TPSA) is 72.2 Å². The molecule has 0 unspecified atom stereocenters. The van der Waals surface area contributed by atoms with Crippen molar-refractivity contribution in [2.45, 2.75) is 24.8 Å². The average Bonchev–Trinajstić information content (AvgIpc) is 3.51. The van der Waals surface area contributed by atoms with Gasteiger partial charge in [-0.1, -0.05) is 24.3 Å². The molecule has 2 fully saturated rings. The van der Waals surface area contributed by atoms with E-state index in [2.05, 4.69) is 0 Å². The molecule has 3 aliphatic heterocycles. The van der Waals surface area contributed by atoms with Gasteiger partial charge in [0.25, 0.3) is 0 Å². The fourth-order valence-electron chi connectivity index (χ4n) is 4.97. The van der Waals surface area contributed by atoms with Gasteiger partial charge >= 0.3 is 0 Å². The van der Waals surface area contributed by atoms with Crippen molar-refractivity contribution < 1.29 is 23.5 Å². The first-order valence-corrected chi connectivity index (χ1v) is 10.1. The largest absolute Gasteiger partial charge is 0.497 e. The molecule has 4 atom stereocenters. The number of carbonyl (C=O) groups excluding carboxylic acids is 2. The first-order valence-electron chi connectivity index (χ1n) is 10.1. The van der Waals surface area contributed by atoms with E-state index < -0.39 is 17.4 Å². The standard InChI is InChI=1S/C23H24N2O5/c1-24(11-16-7-9-29-13-16)21(26)19-18-6-8-23(30-18)14-25(22(27)20(19)23)12-15-4-3-5-17(10-15)28-2/h3-10,13,18-20H,11-12,14H2,1-2H3/t18-,19+,20-,23-/m0/s1. The van der Waals surface area contributed by atoms with Crippen molar-refractivity contribution >= 4 is 11.8 Å². The molecule has 0 N–H and O–H groups in total. The summed E-state index contributed by atoms with van der Waals surface area (Å²) in [7, 11) is 3.38. The summed E-state index contributed by atoms with van der Waals surface area (Å²) >= 11 is 0. The highest BCUT2D eigenvalue weighted by atomic mass is 16.5. The maximum Gasteiger partial charge on any atom is 0.230 e. The third kappa shape index (κ3) is 2.92. The third-order valence-corrected chi connectivity index (χ3v) is 6.35. The zero-order valence-corrected chi connectivity index (χ0v) is 17.0. The number of amides is 2. The Morgan fingerprint density at radius 2 is 2.20 bits per heavy atom. The molecule has 1 aromatic heterocycles. The molecule has 1 aromatic carbocycles. The lowest BCUT2D eigenvalue weighted by Crippen LogP contribution is -2.44. The number of hydrogen-bond acceptors (Lipinski definition) is 5. The maximum atomic E-state index is 13.4. The average molecular weight is 408 g/mol. The van der Waals surface area contributed by atoms with Crippen molar-refractivity contribution in [2.24, 2.45) is 11.8 Å². The molecule has 2 aromatic rings. The summed E-state index contributed by atoms with van der Waals surface area (Å²) in [5.41, 5.74) is 1.19. The van der Waals surface area contributed by atoms with Gasteiger partial charge < -0.3 is 23.7 Å². The molecule has 7 heteroatoms. The fourth-order valence-corrected chi connectivity index (χ4v) is 4.97. The minimum atomic E-state index is -0.711. The Labute approximate surface area is 174 Å². The highest BCUT2D eigenvalue weighted by molar-refractivity contribution is 5.93. The Bertz CT molecular complexity index is 1000. The zero-order valence-electron chi connectivity index (χ0n) is 17.0. The van der Waals surface area contributed by atoms with Crippen LogP contribution in [0.3, 0.4) is 0 Å². The predicted octanol–water partition coefficient (Wildman–Crippen LogP) is 2.23. The molecular formula is C23H24N2O5. The normalized spacial score (nSPS) is 28.8. The maximum absolute atomic E-state index is 13.4. The van der Waals surface area contributed by atoms with Crippen molar-refractivity contribution in [2.75, 3.05) is 20.7 Å². The number of ether oxygens (including phenoxy) is 2. The van der Waals surface area contributed by atoms with Crippen LogP contribution in [-0.4, -0.2) is 54.0 Å². The number of fused-ring (bicyclic) bond motifs is 1. The van der Waals surface area contributed by atoms with E-state index in [0.29, 0.717) is 19.6 Å². The zero-order chi connectivity index (χ0) is 20.9. The summed E-state index contributed by atoms with van der Waals surface area (Å²) < 4.78 is 16.6. The van der Waals surface area contributed by atoms with Gasteiger partial charge in [-0.3, -0.25) is 9.59 Å². The molecule has 3 aliphatic rings. The minimum Gasteiger partial charge on any atom is -0.497 e. The summed E-state index contributed by atoms with van der Waals surface area (Å²) in [5, 5.41) is 0. The lowest BCUT2D eigenvalue weighted by atomic mass is 9.76. The van der Waals surface area contributed by atoms with Crippen LogP contribution in [0, 0.1) is 11.8 Å². The van der Waals surface area contributed by atoms with Crippen LogP contribution in [0.25, 0.3) is 0 Å². The number of furan rings is 1. The smallest absolute Gasteiger partial charge is 0.230 e. The summed E-state index contributed by atoms with van der Waals surface area (Å²) in [4.78, 5) is 30.1. The SMILES string of the molecule is COc1cccc(CN2C[C@]34C=C[C@H](O3)[C@@H](C(=O)N(C)Cc3ccoc3)[C@H]4C2=O)c1. The van der Waals surface area contributed by atoms with Gasteiger partial charge in [-0.25, -0.2) is 0 Å². The van der Waals surface area contributed by atoms with Crippen molar-refractivity contribution in [3.8, 4) is 5.75 Å². The van der Waals surface area contributed by atoms with Crippen LogP contribution in [0.2, 0.25) is 0 Å². The van der Waals surface area contributed by atoms with E-state index >= 15 is 0 Å².